The van der Waals surface area contributed by atoms with Crippen LogP contribution in [0.5, 0.6) is 5.75 Å². The molecule has 9 nitrogen and oxygen atoms in total. The molecule has 2 aromatic heterocycles. The van der Waals surface area contributed by atoms with Gasteiger partial charge in [-0.2, -0.15) is 4.98 Å². The number of hydrogen-bond donors (Lipinski definition) is 2. The Bertz CT molecular complexity index is 1490. The van der Waals surface area contributed by atoms with E-state index in [9.17, 15) is 9.59 Å². The molecule has 4 aromatic rings. The van der Waals surface area contributed by atoms with Gasteiger partial charge in [0.15, 0.2) is 0 Å². The molecule has 1 fully saturated rings. The van der Waals surface area contributed by atoms with Crippen LogP contribution in [-0.2, 0) is 12.0 Å². The Balaban J connectivity index is 1.25. The van der Waals surface area contributed by atoms with Crippen molar-refractivity contribution in [2.24, 2.45) is 11.5 Å². The summed E-state index contributed by atoms with van der Waals surface area (Å²) in [5, 5.41) is 5.96. The van der Waals surface area contributed by atoms with Crippen LogP contribution in [0.3, 0.4) is 0 Å². The number of aromatic nitrogens is 2. The maximum atomic E-state index is 13.6. The summed E-state index contributed by atoms with van der Waals surface area (Å²) in [4.78, 5) is 32.8. The van der Waals surface area contributed by atoms with Gasteiger partial charge in [0.1, 0.15) is 5.75 Å². The molecule has 6 rings (SSSR count). The molecule has 0 saturated carbocycles. The van der Waals surface area contributed by atoms with E-state index in [1.807, 2.05) is 34.5 Å². The minimum atomic E-state index is -0.637. The quantitative estimate of drug-likeness (QED) is 0.414. The van der Waals surface area contributed by atoms with Crippen LogP contribution in [0.4, 0.5) is 0 Å². The number of carbonyl (C=O) groups is 2. The Morgan fingerprint density at radius 1 is 1.08 bits per heavy atom. The molecule has 2 aliphatic rings. The topological polar surface area (TPSA) is 138 Å². The van der Waals surface area contributed by atoms with E-state index < -0.39 is 5.91 Å². The van der Waals surface area contributed by atoms with E-state index in [-0.39, 0.29) is 22.8 Å². The summed E-state index contributed by atoms with van der Waals surface area (Å²) in [5.74, 6) is 0.750. The van der Waals surface area contributed by atoms with Gasteiger partial charge in [-0.15, -0.1) is 11.3 Å². The monoisotopic (exact) mass is 515 g/mol. The Labute approximate surface area is 217 Å². The lowest BCUT2D eigenvalue weighted by molar-refractivity contribution is 0.0646. The van der Waals surface area contributed by atoms with Crippen LogP contribution in [-0.4, -0.2) is 46.6 Å². The first-order chi connectivity index (χ1) is 18.0. The first kappa shape index (κ1) is 23.4. The minimum Gasteiger partial charge on any atom is -0.492 e. The molecule has 4 N–H and O–H groups in total. The number of rotatable bonds is 5. The van der Waals surface area contributed by atoms with Crippen LogP contribution in [0, 0.1) is 0 Å². The lowest BCUT2D eigenvalue weighted by Gasteiger charge is -2.38. The van der Waals surface area contributed by atoms with E-state index >= 15 is 0 Å². The summed E-state index contributed by atoms with van der Waals surface area (Å²) in [6.07, 6.45) is 1.55. The molecule has 0 bridgehead atoms. The third kappa shape index (κ3) is 4.17. The summed E-state index contributed by atoms with van der Waals surface area (Å²) < 4.78 is 11.4. The third-order valence-corrected chi connectivity index (χ3v) is 8.11. The van der Waals surface area contributed by atoms with Crippen molar-refractivity contribution < 1.29 is 18.8 Å². The summed E-state index contributed by atoms with van der Waals surface area (Å²) in [6, 6.07) is 14.7. The number of benzene rings is 2. The average molecular weight is 516 g/mol. The zero-order valence-corrected chi connectivity index (χ0v) is 20.8. The molecule has 4 heterocycles. The number of ether oxygens (including phenoxy) is 1. The van der Waals surface area contributed by atoms with Crippen molar-refractivity contribution in [1.82, 2.24) is 15.0 Å². The maximum Gasteiger partial charge on any atom is 0.258 e. The molecular weight excluding hydrogens is 490 g/mol. The molecule has 0 unspecified atom stereocenters. The summed E-state index contributed by atoms with van der Waals surface area (Å²) in [5.41, 5.74) is 14.6. The second kappa shape index (κ2) is 9.13. The molecule has 10 heteroatoms. The summed E-state index contributed by atoms with van der Waals surface area (Å²) in [7, 11) is 0. The van der Waals surface area contributed by atoms with Gasteiger partial charge in [0, 0.05) is 47.3 Å². The van der Waals surface area contributed by atoms with E-state index in [4.69, 9.17) is 20.7 Å². The molecule has 0 aliphatic carbocycles. The third-order valence-electron chi connectivity index (χ3n) is 7.24. The molecule has 2 amide bonds. The van der Waals surface area contributed by atoms with Gasteiger partial charge < -0.3 is 25.6 Å². The van der Waals surface area contributed by atoms with Gasteiger partial charge in [0.2, 0.25) is 11.7 Å². The number of amides is 2. The standard InChI is InChI=1S/C27H25N5O4S/c28-14-16-3-4-21-20(10-16)27(15-35-21)5-7-32(8-6-27)26(34)19-12-17(23(29)33)11-18(13-19)25-30-24(31-36-25)22-2-1-9-37-22/h1-4,9-13H,5-8,14-15,28H2,(H2,29,33). The molecule has 1 saturated heterocycles. The highest BCUT2D eigenvalue weighted by molar-refractivity contribution is 7.13. The van der Waals surface area contributed by atoms with E-state index in [0.717, 1.165) is 29.0 Å². The second-order valence-corrected chi connectivity index (χ2v) is 10.4. The van der Waals surface area contributed by atoms with Crippen molar-refractivity contribution in [3.63, 3.8) is 0 Å². The summed E-state index contributed by atoms with van der Waals surface area (Å²) in [6.45, 7) is 2.20. The number of primary amides is 1. The van der Waals surface area contributed by atoms with Crippen molar-refractivity contribution >= 4 is 23.2 Å². The van der Waals surface area contributed by atoms with Gasteiger partial charge in [0.25, 0.3) is 11.8 Å². The number of thiophene rings is 1. The van der Waals surface area contributed by atoms with Gasteiger partial charge in [-0.1, -0.05) is 23.4 Å². The van der Waals surface area contributed by atoms with Crippen LogP contribution in [0.25, 0.3) is 22.2 Å². The molecule has 1 spiro atoms. The van der Waals surface area contributed by atoms with E-state index in [0.29, 0.717) is 43.2 Å². The fraction of sp³-hybridized carbons (Fsp3) is 0.259. The smallest absolute Gasteiger partial charge is 0.258 e. The highest BCUT2D eigenvalue weighted by Gasteiger charge is 2.44. The normalized spacial score (nSPS) is 16.0. The van der Waals surface area contributed by atoms with E-state index in [2.05, 4.69) is 16.2 Å². The van der Waals surface area contributed by atoms with Gasteiger partial charge in [-0.25, -0.2) is 0 Å². The Morgan fingerprint density at radius 2 is 1.89 bits per heavy atom. The average Bonchev–Trinajstić information content (AvgIpc) is 3.69. The fourth-order valence-electron chi connectivity index (χ4n) is 5.14. The first-order valence-corrected chi connectivity index (χ1v) is 12.9. The van der Waals surface area contributed by atoms with Crippen molar-refractivity contribution in [2.45, 2.75) is 24.8 Å². The van der Waals surface area contributed by atoms with Crippen molar-refractivity contribution in [3.05, 3.63) is 76.2 Å². The number of nitrogens with two attached hydrogens (primary N) is 2. The zero-order chi connectivity index (χ0) is 25.6. The lowest BCUT2D eigenvalue weighted by atomic mass is 9.74. The van der Waals surface area contributed by atoms with E-state index in [1.165, 1.54) is 23.0 Å². The van der Waals surface area contributed by atoms with Crippen molar-refractivity contribution in [1.29, 1.82) is 0 Å². The molecule has 37 heavy (non-hydrogen) atoms. The largest absolute Gasteiger partial charge is 0.492 e. The van der Waals surface area contributed by atoms with Crippen LogP contribution in [0.1, 0.15) is 44.7 Å². The molecule has 0 radical (unpaired) electrons. The van der Waals surface area contributed by atoms with Crippen LogP contribution >= 0.6 is 11.3 Å². The van der Waals surface area contributed by atoms with Gasteiger partial charge in [0.05, 0.1) is 11.5 Å². The number of likely N-dealkylation sites (tertiary alicyclic amines) is 1. The first-order valence-electron chi connectivity index (χ1n) is 12.0. The van der Waals surface area contributed by atoms with Crippen LogP contribution < -0.4 is 16.2 Å². The molecular formula is C27H25N5O4S. The van der Waals surface area contributed by atoms with Gasteiger partial charge in [-0.3, -0.25) is 9.59 Å². The predicted molar refractivity (Wildman–Crippen MR) is 138 cm³/mol. The van der Waals surface area contributed by atoms with Crippen molar-refractivity contribution in [3.8, 4) is 27.9 Å². The van der Waals surface area contributed by atoms with Crippen LogP contribution in [0.15, 0.2) is 58.4 Å². The van der Waals surface area contributed by atoms with Crippen molar-refractivity contribution in [2.75, 3.05) is 19.7 Å². The Hall–Kier alpha value is -4.02. The highest BCUT2D eigenvalue weighted by Crippen LogP contribution is 2.46. The SMILES string of the molecule is NCc1ccc2c(c1)C1(CCN(C(=O)c3cc(C(N)=O)cc(-c4nc(-c5cccs5)no4)c3)CC1)CO2. The zero-order valence-electron chi connectivity index (χ0n) is 20.0. The number of piperidine rings is 1. The maximum absolute atomic E-state index is 13.6. The molecule has 2 aromatic carbocycles. The van der Waals surface area contributed by atoms with Gasteiger partial charge in [-0.05, 0) is 54.1 Å². The molecule has 2 aliphatic heterocycles. The number of fused-ring (bicyclic) bond motifs is 2. The fourth-order valence-corrected chi connectivity index (χ4v) is 5.78. The number of nitrogens with zero attached hydrogens (tertiary/aromatic N) is 3. The Kier molecular flexibility index (Phi) is 5.77. The van der Waals surface area contributed by atoms with Crippen LogP contribution in [0.2, 0.25) is 0 Å². The lowest BCUT2D eigenvalue weighted by Crippen LogP contribution is -2.46. The number of carbonyl (C=O) groups excluding carboxylic acids is 2. The predicted octanol–water partition coefficient (Wildman–Crippen LogP) is 3.59. The molecule has 188 valence electrons. The van der Waals surface area contributed by atoms with Gasteiger partial charge >= 0.3 is 0 Å². The second-order valence-electron chi connectivity index (χ2n) is 9.46. The Morgan fingerprint density at radius 3 is 2.62 bits per heavy atom. The minimum absolute atomic E-state index is 0.126. The van der Waals surface area contributed by atoms with E-state index in [1.54, 1.807) is 12.1 Å². The molecule has 0 atom stereocenters. The highest BCUT2D eigenvalue weighted by atomic mass is 32.1. The number of hydrogen-bond acceptors (Lipinski definition) is 8. The summed E-state index contributed by atoms with van der Waals surface area (Å²) >= 11 is 1.49.